The van der Waals surface area contributed by atoms with Gasteiger partial charge >= 0.3 is 6.03 Å². The fraction of sp³-hybridized carbons (Fsp3) is 0.263. The summed E-state index contributed by atoms with van der Waals surface area (Å²) in [6.07, 6.45) is 0. The zero-order valence-electron chi connectivity index (χ0n) is 16.0. The van der Waals surface area contributed by atoms with E-state index in [1.807, 2.05) is 35.8 Å². The first-order valence-electron chi connectivity index (χ1n) is 8.83. The minimum absolute atomic E-state index is 0.133. The zero-order valence-corrected chi connectivity index (χ0v) is 16.8. The molecular weight excluding hydrogens is 378 g/mol. The van der Waals surface area contributed by atoms with Crippen LogP contribution in [-0.2, 0) is 16.6 Å². The minimum atomic E-state index is -3.59. The number of hydrogen-bond acceptors (Lipinski definition) is 4. The van der Waals surface area contributed by atoms with Crippen molar-refractivity contribution >= 4 is 32.8 Å². The summed E-state index contributed by atoms with van der Waals surface area (Å²) in [4.78, 5) is 16.8. The summed E-state index contributed by atoms with van der Waals surface area (Å²) in [5.41, 5.74) is 2.94. The van der Waals surface area contributed by atoms with E-state index >= 15 is 0 Å². The fourth-order valence-corrected chi connectivity index (χ4v) is 4.01. The first-order chi connectivity index (χ1) is 13.3. The molecule has 0 aliphatic heterocycles. The van der Waals surface area contributed by atoms with Gasteiger partial charge in [-0.2, -0.15) is 0 Å². The fourth-order valence-electron chi connectivity index (χ4n) is 3.01. The number of anilines is 1. The number of nitrogens with one attached hydrogen (secondary N) is 3. The number of carbonyl (C=O) groups excluding carboxylic acids is 1. The predicted molar refractivity (Wildman–Crippen MR) is 109 cm³/mol. The maximum absolute atomic E-state index is 12.2. The summed E-state index contributed by atoms with van der Waals surface area (Å²) < 4.78 is 28.4. The molecule has 0 aliphatic carbocycles. The Morgan fingerprint density at radius 2 is 1.89 bits per heavy atom. The third-order valence-corrected chi connectivity index (χ3v) is 6.03. The SMILES string of the molecule is CNS(=O)(=O)c1cc(NC(=O)NCCn2c(C)nc3ccccc32)ccc1C. The molecule has 8 nitrogen and oxygen atoms in total. The van der Waals surface area contributed by atoms with E-state index in [2.05, 4.69) is 20.3 Å². The lowest BCUT2D eigenvalue weighted by molar-refractivity contribution is 0.251. The maximum atomic E-state index is 12.2. The van der Waals surface area contributed by atoms with Crippen LogP contribution < -0.4 is 15.4 Å². The number of nitrogens with zero attached hydrogens (tertiary/aromatic N) is 2. The van der Waals surface area contributed by atoms with Crippen LogP contribution in [0.15, 0.2) is 47.4 Å². The Balaban J connectivity index is 1.63. The number of hydrogen-bond donors (Lipinski definition) is 3. The van der Waals surface area contributed by atoms with Gasteiger partial charge in [-0.25, -0.2) is 22.9 Å². The van der Waals surface area contributed by atoms with Gasteiger partial charge in [0.05, 0.1) is 15.9 Å². The van der Waals surface area contributed by atoms with Crippen molar-refractivity contribution in [1.29, 1.82) is 0 Å². The number of amides is 2. The van der Waals surface area contributed by atoms with Crippen LogP contribution in [0.4, 0.5) is 10.5 Å². The van der Waals surface area contributed by atoms with Gasteiger partial charge in [-0.15, -0.1) is 0 Å². The highest BCUT2D eigenvalue weighted by atomic mass is 32.2. The highest BCUT2D eigenvalue weighted by molar-refractivity contribution is 7.89. The van der Waals surface area contributed by atoms with Gasteiger partial charge < -0.3 is 15.2 Å². The van der Waals surface area contributed by atoms with Crippen molar-refractivity contribution in [3.05, 3.63) is 53.9 Å². The Hall–Kier alpha value is -2.91. The lowest BCUT2D eigenvalue weighted by Crippen LogP contribution is -2.31. The van der Waals surface area contributed by atoms with E-state index in [1.165, 1.54) is 13.1 Å². The molecule has 2 aromatic carbocycles. The molecule has 0 saturated carbocycles. The van der Waals surface area contributed by atoms with Gasteiger partial charge in [0.15, 0.2) is 0 Å². The van der Waals surface area contributed by atoms with E-state index in [9.17, 15) is 13.2 Å². The van der Waals surface area contributed by atoms with Gasteiger partial charge in [0.2, 0.25) is 10.0 Å². The van der Waals surface area contributed by atoms with Crippen LogP contribution in [0, 0.1) is 13.8 Å². The quantitative estimate of drug-likeness (QED) is 0.590. The van der Waals surface area contributed by atoms with Gasteiger partial charge in [-0.1, -0.05) is 18.2 Å². The van der Waals surface area contributed by atoms with Crippen LogP contribution in [0.1, 0.15) is 11.4 Å². The smallest absolute Gasteiger partial charge is 0.319 e. The van der Waals surface area contributed by atoms with Crippen molar-refractivity contribution in [3.8, 4) is 0 Å². The number of urea groups is 1. The molecule has 1 aromatic heterocycles. The molecule has 0 spiro atoms. The standard InChI is InChI=1S/C19H23N5O3S/c1-13-8-9-15(12-18(13)28(26,27)20-3)23-19(25)21-10-11-24-14(2)22-16-6-4-5-7-17(16)24/h4-9,12,20H,10-11H2,1-3H3,(H2,21,23,25). The van der Waals surface area contributed by atoms with Crippen LogP contribution in [0.2, 0.25) is 0 Å². The molecule has 1 heterocycles. The Labute approximate surface area is 164 Å². The van der Waals surface area contributed by atoms with Crippen LogP contribution in [-0.4, -0.2) is 37.6 Å². The molecule has 0 bridgehead atoms. The molecule has 2 amide bonds. The Morgan fingerprint density at radius 3 is 2.64 bits per heavy atom. The summed E-state index contributed by atoms with van der Waals surface area (Å²) in [5.74, 6) is 0.879. The van der Waals surface area contributed by atoms with E-state index in [-0.39, 0.29) is 4.90 Å². The number of imidazole rings is 1. The molecule has 3 N–H and O–H groups in total. The van der Waals surface area contributed by atoms with Gasteiger partial charge in [-0.3, -0.25) is 0 Å². The lowest BCUT2D eigenvalue weighted by Gasteiger charge is -2.12. The third-order valence-electron chi connectivity index (χ3n) is 4.47. The molecule has 3 aromatic rings. The molecule has 0 unspecified atom stereocenters. The van der Waals surface area contributed by atoms with E-state index in [0.29, 0.717) is 24.3 Å². The second kappa shape index (κ2) is 7.99. The van der Waals surface area contributed by atoms with Gasteiger partial charge in [0.25, 0.3) is 0 Å². The Kier molecular flexibility index (Phi) is 5.66. The summed E-state index contributed by atoms with van der Waals surface area (Å²) in [5, 5.41) is 5.45. The molecule has 0 radical (unpaired) electrons. The molecule has 0 atom stereocenters. The van der Waals surface area contributed by atoms with E-state index in [1.54, 1.807) is 19.1 Å². The van der Waals surface area contributed by atoms with Crippen molar-refractivity contribution in [2.24, 2.45) is 0 Å². The molecule has 9 heteroatoms. The van der Waals surface area contributed by atoms with Crippen LogP contribution in [0.3, 0.4) is 0 Å². The maximum Gasteiger partial charge on any atom is 0.319 e. The zero-order chi connectivity index (χ0) is 20.3. The van der Waals surface area contributed by atoms with Crippen LogP contribution in [0.25, 0.3) is 11.0 Å². The number of rotatable bonds is 6. The first kappa shape index (κ1) is 19.8. The monoisotopic (exact) mass is 401 g/mol. The molecule has 28 heavy (non-hydrogen) atoms. The van der Waals surface area contributed by atoms with Crippen molar-refractivity contribution in [2.45, 2.75) is 25.3 Å². The van der Waals surface area contributed by atoms with Crippen molar-refractivity contribution < 1.29 is 13.2 Å². The molecule has 148 valence electrons. The van der Waals surface area contributed by atoms with E-state index in [4.69, 9.17) is 0 Å². The highest BCUT2D eigenvalue weighted by Crippen LogP contribution is 2.20. The molecule has 3 rings (SSSR count). The van der Waals surface area contributed by atoms with Gasteiger partial charge in [0, 0.05) is 18.8 Å². The Bertz CT molecular complexity index is 1120. The van der Waals surface area contributed by atoms with Gasteiger partial charge in [0.1, 0.15) is 5.82 Å². The number of fused-ring (bicyclic) bond motifs is 1. The van der Waals surface area contributed by atoms with Crippen molar-refractivity contribution in [2.75, 3.05) is 18.9 Å². The van der Waals surface area contributed by atoms with Crippen molar-refractivity contribution in [1.82, 2.24) is 19.6 Å². The Morgan fingerprint density at radius 1 is 1.14 bits per heavy atom. The van der Waals surface area contributed by atoms with E-state index in [0.717, 1.165) is 16.9 Å². The average molecular weight is 401 g/mol. The molecule has 0 fully saturated rings. The third kappa shape index (κ3) is 4.15. The van der Waals surface area contributed by atoms with Crippen LogP contribution >= 0.6 is 0 Å². The van der Waals surface area contributed by atoms with Crippen molar-refractivity contribution in [3.63, 3.8) is 0 Å². The molecule has 0 aliphatic rings. The topological polar surface area (TPSA) is 105 Å². The predicted octanol–water partition coefficient (Wildman–Crippen LogP) is 2.38. The largest absolute Gasteiger partial charge is 0.336 e. The minimum Gasteiger partial charge on any atom is -0.336 e. The summed E-state index contributed by atoms with van der Waals surface area (Å²) in [7, 11) is -2.24. The first-order valence-corrected chi connectivity index (χ1v) is 10.3. The number of para-hydroxylation sites is 2. The number of benzene rings is 2. The second-order valence-electron chi connectivity index (χ2n) is 6.37. The number of aryl methyl sites for hydroxylation is 2. The second-order valence-corrected chi connectivity index (χ2v) is 8.22. The number of carbonyl (C=O) groups is 1. The summed E-state index contributed by atoms with van der Waals surface area (Å²) in [6, 6.07) is 12.2. The summed E-state index contributed by atoms with van der Waals surface area (Å²) >= 11 is 0. The number of sulfonamides is 1. The van der Waals surface area contributed by atoms with E-state index < -0.39 is 16.1 Å². The molecular formula is C19H23N5O3S. The number of aromatic nitrogens is 2. The highest BCUT2D eigenvalue weighted by Gasteiger charge is 2.15. The summed E-state index contributed by atoms with van der Waals surface area (Å²) in [6.45, 7) is 4.61. The normalized spacial score (nSPS) is 11.5. The van der Waals surface area contributed by atoms with Gasteiger partial charge in [-0.05, 0) is 50.7 Å². The average Bonchev–Trinajstić information content (AvgIpc) is 2.98. The molecule has 0 saturated heterocycles. The van der Waals surface area contributed by atoms with Crippen LogP contribution in [0.5, 0.6) is 0 Å². The lowest BCUT2D eigenvalue weighted by atomic mass is 10.2.